The third-order valence-electron chi connectivity index (χ3n) is 3.78. The molecule has 0 aromatic carbocycles. The van der Waals surface area contributed by atoms with E-state index in [1.165, 1.54) is 6.07 Å². The molecule has 1 aromatic heterocycles. The van der Waals surface area contributed by atoms with Crippen molar-refractivity contribution in [3.63, 3.8) is 0 Å². The number of carbonyl (C=O) groups is 1. The monoisotopic (exact) mass is 293 g/mol. The smallest absolute Gasteiger partial charge is 0.251 e. The fourth-order valence-electron chi connectivity index (χ4n) is 2.63. The van der Waals surface area contributed by atoms with Gasteiger partial charge in [0.15, 0.2) is 0 Å². The third kappa shape index (κ3) is 3.69. The van der Waals surface area contributed by atoms with Gasteiger partial charge in [0.2, 0.25) is 5.91 Å². The summed E-state index contributed by atoms with van der Waals surface area (Å²) >= 11 is 0. The summed E-state index contributed by atoms with van der Waals surface area (Å²) in [5, 5.41) is 0. The first kappa shape index (κ1) is 15.7. The van der Waals surface area contributed by atoms with Crippen molar-refractivity contribution in [2.45, 2.75) is 45.1 Å². The highest BCUT2D eigenvalue weighted by molar-refractivity contribution is 5.77. The number of hydrogen-bond donors (Lipinski definition) is 1. The van der Waals surface area contributed by atoms with Crippen LogP contribution in [0.5, 0.6) is 0 Å². The number of methoxy groups -OCH3 is 1. The molecule has 2 heterocycles. The number of carbonyl (C=O) groups excluding carboxylic acids is 1. The van der Waals surface area contributed by atoms with Crippen molar-refractivity contribution in [1.29, 1.82) is 0 Å². The minimum atomic E-state index is -0.153. The van der Waals surface area contributed by atoms with Gasteiger partial charge < -0.3 is 14.6 Å². The van der Waals surface area contributed by atoms with Gasteiger partial charge in [0.25, 0.3) is 5.56 Å². The summed E-state index contributed by atoms with van der Waals surface area (Å²) in [5.74, 6) is 0.844. The largest absolute Gasteiger partial charge is 0.384 e. The Kier molecular flexibility index (Phi) is 5.12. The minimum Gasteiger partial charge on any atom is -0.384 e. The fraction of sp³-hybridized carbons (Fsp3) is 0.667. The van der Waals surface area contributed by atoms with Crippen LogP contribution in [0.2, 0.25) is 0 Å². The molecule has 1 aromatic rings. The Labute approximate surface area is 124 Å². The molecule has 1 N–H and O–H groups in total. The van der Waals surface area contributed by atoms with Crippen molar-refractivity contribution in [1.82, 2.24) is 14.9 Å². The zero-order valence-electron chi connectivity index (χ0n) is 12.9. The minimum absolute atomic E-state index is 0.0527. The van der Waals surface area contributed by atoms with Crippen LogP contribution in [-0.4, -0.2) is 41.0 Å². The van der Waals surface area contributed by atoms with E-state index < -0.39 is 0 Å². The second-order valence-electron chi connectivity index (χ2n) is 5.70. The van der Waals surface area contributed by atoms with Gasteiger partial charge in [-0.2, -0.15) is 0 Å². The van der Waals surface area contributed by atoms with E-state index in [9.17, 15) is 9.59 Å². The maximum atomic E-state index is 12.2. The van der Waals surface area contributed by atoms with Crippen molar-refractivity contribution in [3.8, 4) is 0 Å². The maximum Gasteiger partial charge on any atom is 0.251 e. The molecule has 6 heteroatoms. The van der Waals surface area contributed by atoms with E-state index in [2.05, 4.69) is 9.97 Å². The number of rotatable bonds is 5. The summed E-state index contributed by atoms with van der Waals surface area (Å²) in [5.41, 5.74) is 0.616. The summed E-state index contributed by atoms with van der Waals surface area (Å²) in [4.78, 5) is 33.2. The molecule has 2 rings (SSSR count). The molecule has 116 valence electrons. The quantitative estimate of drug-likeness (QED) is 0.894. The Balaban J connectivity index is 2.23. The molecule has 0 unspecified atom stereocenters. The zero-order chi connectivity index (χ0) is 15.4. The van der Waals surface area contributed by atoms with Crippen molar-refractivity contribution < 1.29 is 9.53 Å². The Morgan fingerprint density at radius 2 is 2.33 bits per heavy atom. The first-order valence-electron chi connectivity index (χ1n) is 7.42. The summed E-state index contributed by atoms with van der Waals surface area (Å²) < 4.78 is 4.96. The first-order valence-corrected chi connectivity index (χ1v) is 7.42. The van der Waals surface area contributed by atoms with Crippen LogP contribution in [0.1, 0.15) is 56.6 Å². The molecule has 1 amide bonds. The third-order valence-corrected chi connectivity index (χ3v) is 3.78. The Morgan fingerprint density at radius 3 is 3.00 bits per heavy atom. The van der Waals surface area contributed by atoms with Gasteiger partial charge in [-0.1, -0.05) is 13.8 Å². The van der Waals surface area contributed by atoms with E-state index in [4.69, 9.17) is 4.74 Å². The second kappa shape index (κ2) is 6.85. The molecule has 1 saturated heterocycles. The maximum absolute atomic E-state index is 12.2. The molecule has 0 aliphatic carbocycles. The van der Waals surface area contributed by atoms with Crippen LogP contribution in [0.3, 0.4) is 0 Å². The van der Waals surface area contributed by atoms with Gasteiger partial charge in [0, 0.05) is 19.7 Å². The lowest BCUT2D eigenvalue weighted by Gasteiger charge is -2.24. The van der Waals surface area contributed by atoms with Crippen LogP contribution in [0.15, 0.2) is 10.9 Å². The highest BCUT2D eigenvalue weighted by Crippen LogP contribution is 2.30. The Bertz CT molecular complexity index is 553. The van der Waals surface area contributed by atoms with E-state index >= 15 is 0 Å². The van der Waals surface area contributed by atoms with Gasteiger partial charge in [-0.05, 0) is 18.8 Å². The molecular formula is C15H23N3O3. The molecule has 1 fully saturated rings. The summed E-state index contributed by atoms with van der Waals surface area (Å²) in [6.07, 6.45) is 2.13. The molecule has 1 atom stereocenters. The van der Waals surface area contributed by atoms with Crippen molar-refractivity contribution in [2.75, 3.05) is 20.3 Å². The standard InChI is InChI=1S/C15H23N3O3/c1-10(2)11-9-13(19)17-15(16-11)12-5-4-7-18(12)14(20)6-8-21-3/h9-10,12H,4-8H2,1-3H3,(H,16,17,19)/t12-/m1/s1. The Hall–Kier alpha value is -1.69. The van der Waals surface area contributed by atoms with Gasteiger partial charge in [0.1, 0.15) is 5.82 Å². The van der Waals surface area contributed by atoms with E-state index in [1.807, 2.05) is 13.8 Å². The predicted molar refractivity (Wildman–Crippen MR) is 79.1 cm³/mol. The predicted octanol–water partition coefficient (Wildman–Crippen LogP) is 1.59. The number of ether oxygens (including phenoxy) is 1. The Morgan fingerprint density at radius 1 is 1.57 bits per heavy atom. The highest BCUT2D eigenvalue weighted by Gasteiger charge is 2.31. The van der Waals surface area contributed by atoms with Crippen LogP contribution < -0.4 is 5.56 Å². The van der Waals surface area contributed by atoms with Crippen LogP contribution in [0.4, 0.5) is 0 Å². The van der Waals surface area contributed by atoms with Crippen LogP contribution >= 0.6 is 0 Å². The van der Waals surface area contributed by atoms with Gasteiger partial charge in [-0.25, -0.2) is 4.98 Å². The zero-order valence-corrected chi connectivity index (χ0v) is 12.9. The summed E-state index contributed by atoms with van der Waals surface area (Å²) in [6, 6.07) is 1.40. The average Bonchev–Trinajstić information content (AvgIpc) is 2.93. The topological polar surface area (TPSA) is 75.3 Å². The lowest BCUT2D eigenvalue weighted by Crippen LogP contribution is -2.33. The number of likely N-dealkylation sites (tertiary alicyclic amines) is 1. The van der Waals surface area contributed by atoms with Gasteiger partial charge in [-0.3, -0.25) is 9.59 Å². The number of aromatic nitrogens is 2. The average molecular weight is 293 g/mol. The molecular weight excluding hydrogens is 270 g/mol. The van der Waals surface area contributed by atoms with Crippen LogP contribution in [0, 0.1) is 0 Å². The molecule has 0 bridgehead atoms. The fourth-order valence-corrected chi connectivity index (χ4v) is 2.63. The van der Waals surface area contributed by atoms with E-state index in [1.54, 1.807) is 12.0 Å². The number of hydrogen-bond acceptors (Lipinski definition) is 4. The van der Waals surface area contributed by atoms with E-state index in [0.717, 1.165) is 18.5 Å². The number of nitrogens with one attached hydrogen (secondary N) is 1. The normalized spacial score (nSPS) is 18.5. The summed E-state index contributed by atoms with van der Waals surface area (Å²) in [6.45, 7) is 5.13. The first-order chi connectivity index (χ1) is 10.0. The SMILES string of the molecule is COCCC(=O)N1CCC[C@@H]1c1nc(C(C)C)cc(=O)[nH]1. The molecule has 1 aliphatic heterocycles. The molecule has 1 aliphatic rings. The van der Waals surface area contributed by atoms with Crippen molar-refractivity contribution in [3.05, 3.63) is 27.9 Å². The molecule has 0 spiro atoms. The van der Waals surface area contributed by atoms with Gasteiger partial charge in [-0.15, -0.1) is 0 Å². The molecule has 0 saturated carbocycles. The lowest BCUT2D eigenvalue weighted by atomic mass is 10.1. The van der Waals surface area contributed by atoms with Crippen LogP contribution in [0.25, 0.3) is 0 Å². The number of H-pyrrole nitrogens is 1. The van der Waals surface area contributed by atoms with Crippen LogP contribution in [-0.2, 0) is 9.53 Å². The van der Waals surface area contributed by atoms with Gasteiger partial charge in [0.05, 0.1) is 24.8 Å². The lowest BCUT2D eigenvalue weighted by molar-refractivity contribution is -0.133. The van der Waals surface area contributed by atoms with Gasteiger partial charge >= 0.3 is 0 Å². The summed E-state index contributed by atoms with van der Waals surface area (Å²) in [7, 11) is 1.58. The van der Waals surface area contributed by atoms with E-state index in [-0.39, 0.29) is 23.4 Å². The highest BCUT2D eigenvalue weighted by atomic mass is 16.5. The molecule has 6 nitrogen and oxygen atoms in total. The number of amides is 1. The number of nitrogens with zero attached hydrogens (tertiary/aromatic N) is 2. The van der Waals surface area contributed by atoms with E-state index in [0.29, 0.717) is 25.4 Å². The molecule has 21 heavy (non-hydrogen) atoms. The number of aromatic amines is 1. The molecule has 0 radical (unpaired) electrons. The van der Waals surface area contributed by atoms with Crippen molar-refractivity contribution in [2.24, 2.45) is 0 Å². The van der Waals surface area contributed by atoms with Crippen molar-refractivity contribution >= 4 is 5.91 Å². The second-order valence-corrected chi connectivity index (χ2v) is 5.70.